The van der Waals surface area contributed by atoms with Crippen molar-refractivity contribution in [2.75, 3.05) is 32.8 Å². The Labute approximate surface area is 324 Å². The van der Waals surface area contributed by atoms with E-state index in [-0.39, 0.29) is 24.6 Å². The van der Waals surface area contributed by atoms with Crippen LogP contribution in [0.1, 0.15) is 240 Å². The van der Waals surface area contributed by atoms with Crippen molar-refractivity contribution in [3.63, 3.8) is 0 Å². The Morgan fingerprint density at radius 2 is 0.923 bits per heavy atom. The lowest BCUT2D eigenvalue weighted by Gasteiger charge is -2.21. The quantitative estimate of drug-likeness (QED) is 0.0496. The second kappa shape index (κ2) is 41.0. The van der Waals surface area contributed by atoms with Crippen molar-refractivity contribution in [1.82, 2.24) is 4.90 Å². The van der Waals surface area contributed by atoms with Crippen LogP contribution in [0.5, 0.6) is 0 Å². The van der Waals surface area contributed by atoms with Gasteiger partial charge in [0.15, 0.2) is 0 Å². The molecule has 0 fully saturated rings. The van der Waals surface area contributed by atoms with Gasteiger partial charge in [0, 0.05) is 19.4 Å². The molecule has 0 aromatic carbocycles. The van der Waals surface area contributed by atoms with Crippen LogP contribution in [0.15, 0.2) is 0 Å². The Bertz CT molecular complexity index is 722. The Balaban J connectivity index is 4.02. The molecule has 0 unspecified atom stereocenters. The molecular formula is C46H91NO5. The predicted octanol–water partition coefficient (Wildman–Crippen LogP) is 13.3. The van der Waals surface area contributed by atoms with Crippen molar-refractivity contribution in [3.05, 3.63) is 0 Å². The number of carbonyl (C=O) groups is 2. The standard InChI is InChI=1S/C46H91NO5/c1-5-9-13-15-20-26-34-44(35-27-21-16-14-10-6-2)52-45(49)36-28-22-19-24-30-38-47(39-40-48)37-29-23-17-18-25-31-41-51-46(50)42-43(32-11-7-3)33-12-8-4/h43-44,48H,5-42H2,1-4H3. The van der Waals surface area contributed by atoms with Crippen LogP contribution < -0.4 is 0 Å². The molecule has 0 rings (SSSR count). The first-order valence-electron chi connectivity index (χ1n) is 23.2. The monoisotopic (exact) mass is 738 g/mol. The van der Waals surface area contributed by atoms with Gasteiger partial charge in [-0.1, -0.05) is 163 Å². The van der Waals surface area contributed by atoms with Crippen molar-refractivity contribution in [2.24, 2.45) is 5.92 Å². The fourth-order valence-electron chi connectivity index (χ4n) is 7.38. The highest BCUT2D eigenvalue weighted by molar-refractivity contribution is 5.69. The number of unbranched alkanes of at least 4 members (excludes halogenated alkanes) is 21. The highest BCUT2D eigenvalue weighted by Gasteiger charge is 2.15. The molecule has 0 saturated carbocycles. The zero-order valence-corrected chi connectivity index (χ0v) is 35.6. The molecule has 0 atom stereocenters. The molecular weight excluding hydrogens is 647 g/mol. The minimum Gasteiger partial charge on any atom is -0.466 e. The summed E-state index contributed by atoms with van der Waals surface area (Å²) in [6.07, 6.45) is 38.3. The maximum absolute atomic E-state index is 12.7. The average molecular weight is 738 g/mol. The number of aliphatic hydroxyl groups is 1. The van der Waals surface area contributed by atoms with Gasteiger partial charge in [0.25, 0.3) is 0 Å². The molecule has 0 amide bonds. The number of esters is 2. The lowest BCUT2D eigenvalue weighted by molar-refractivity contribution is -0.150. The van der Waals surface area contributed by atoms with Gasteiger partial charge in [-0.3, -0.25) is 9.59 Å². The highest BCUT2D eigenvalue weighted by Crippen LogP contribution is 2.21. The molecule has 6 nitrogen and oxygen atoms in total. The first-order valence-corrected chi connectivity index (χ1v) is 23.2. The summed E-state index contributed by atoms with van der Waals surface area (Å²) in [6, 6.07) is 0. The number of hydrogen-bond donors (Lipinski definition) is 1. The number of rotatable bonds is 42. The molecule has 52 heavy (non-hydrogen) atoms. The largest absolute Gasteiger partial charge is 0.466 e. The van der Waals surface area contributed by atoms with E-state index in [1.54, 1.807) is 0 Å². The van der Waals surface area contributed by atoms with Gasteiger partial charge in [0.2, 0.25) is 0 Å². The predicted molar refractivity (Wildman–Crippen MR) is 223 cm³/mol. The zero-order chi connectivity index (χ0) is 38.2. The fraction of sp³-hybridized carbons (Fsp3) is 0.957. The van der Waals surface area contributed by atoms with Gasteiger partial charge in [-0.15, -0.1) is 0 Å². The second-order valence-electron chi connectivity index (χ2n) is 16.0. The zero-order valence-electron chi connectivity index (χ0n) is 35.6. The average Bonchev–Trinajstić information content (AvgIpc) is 3.14. The van der Waals surface area contributed by atoms with Crippen LogP contribution >= 0.6 is 0 Å². The van der Waals surface area contributed by atoms with E-state index in [4.69, 9.17) is 9.47 Å². The van der Waals surface area contributed by atoms with Gasteiger partial charge in [-0.2, -0.15) is 0 Å². The van der Waals surface area contributed by atoms with Crippen molar-refractivity contribution in [2.45, 2.75) is 246 Å². The van der Waals surface area contributed by atoms with Crippen LogP contribution in [-0.2, 0) is 19.1 Å². The smallest absolute Gasteiger partial charge is 0.306 e. The fourth-order valence-corrected chi connectivity index (χ4v) is 7.38. The molecule has 0 radical (unpaired) electrons. The molecule has 0 aliphatic rings. The number of aliphatic hydroxyl groups excluding tert-OH is 1. The normalized spacial score (nSPS) is 11.7. The molecule has 1 N–H and O–H groups in total. The van der Waals surface area contributed by atoms with Gasteiger partial charge < -0.3 is 19.5 Å². The van der Waals surface area contributed by atoms with E-state index in [0.717, 1.165) is 83.8 Å². The van der Waals surface area contributed by atoms with Crippen LogP contribution in [0.4, 0.5) is 0 Å². The van der Waals surface area contributed by atoms with Crippen molar-refractivity contribution in [3.8, 4) is 0 Å². The van der Waals surface area contributed by atoms with E-state index in [2.05, 4.69) is 32.6 Å². The third kappa shape index (κ3) is 35.9. The number of carbonyl (C=O) groups excluding carboxylic acids is 2. The van der Waals surface area contributed by atoms with Gasteiger partial charge in [-0.05, 0) is 83.2 Å². The maximum atomic E-state index is 12.7. The van der Waals surface area contributed by atoms with E-state index >= 15 is 0 Å². The van der Waals surface area contributed by atoms with E-state index < -0.39 is 0 Å². The van der Waals surface area contributed by atoms with Gasteiger partial charge in [-0.25, -0.2) is 0 Å². The Morgan fingerprint density at radius 1 is 0.481 bits per heavy atom. The van der Waals surface area contributed by atoms with Crippen LogP contribution in [-0.4, -0.2) is 60.9 Å². The minimum atomic E-state index is 0.00210. The molecule has 6 heteroatoms. The number of nitrogens with zero attached hydrogens (tertiary/aromatic N) is 1. The van der Waals surface area contributed by atoms with E-state index in [1.165, 1.54) is 135 Å². The topological polar surface area (TPSA) is 76.1 Å². The summed E-state index contributed by atoms with van der Waals surface area (Å²) in [6.45, 7) is 12.6. The summed E-state index contributed by atoms with van der Waals surface area (Å²) in [5.41, 5.74) is 0. The van der Waals surface area contributed by atoms with Crippen LogP contribution in [0, 0.1) is 5.92 Å². The lowest BCUT2D eigenvalue weighted by Crippen LogP contribution is -2.29. The first-order chi connectivity index (χ1) is 25.5. The molecule has 0 aromatic heterocycles. The molecule has 0 aliphatic heterocycles. The third-order valence-corrected chi connectivity index (χ3v) is 10.8. The highest BCUT2D eigenvalue weighted by atomic mass is 16.5. The molecule has 0 saturated heterocycles. The third-order valence-electron chi connectivity index (χ3n) is 10.8. The minimum absolute atomic E-state index is 0.00210. The second-order valence-corrected chi connectivity index (χ2v) is 16.0. The first kappa shape index (κ1) is 50.9. The Hall–Kier alpha value is -1.14. The van der Waals surface area contributed by atoms with Gasteiger partial charge >= 0.3 is 11.9 Å². The number of hydrogen-bond acceptors (Lipinski definition) is 6. The number of ether oxygens (including phenoxy) is 2. The van der Waals surface area contributed by atoms with Crippen LogP contribution in [0.25, 0.3) is 0 Å². The van der Waals surface area contributed by atoms with E-state index in [1.807, 2.05) is 0 Å². The van der Waals surface area contributed by atoms with Crippen LogP contribution in [0.2, 0.25) is 0 Å². The molecule has 0 aliphatic carbocycles. The molecule has 0 aromatic rings. The molecule has 310 valence electrons. The summed E-state index contributed by atoms with van der Waals surface area (Å²) in [5.74, 6) is 0.517. The van der Waals surface area contributed by atoms with Crippen molar-refractivity contribution in [1.29, 1.82) is 0 Å². The maximum Gasteiger partial charge on any atom is 0.306 e. The summed E-state index contributed by atoms with van der Waals surface area (Å²) in [5, 5.41) is 9.57. The molecule has 0 spiro atoms. The van der Waals surface area contributed by atoms with Gasteiger partial charge in [0.05, 0.1) is 13.2 Å². The van der Waals surface area contributed by atoms with Crippen molar-refractivity contribution < 1.29 is 24.2 Å². The van der Waals surface area contributed by atoms with Crippen molar-refractivity contribution >= 4 is 11.9 Å². The molecule has 0 bridgehead atoms. The molecule has 0 heterocycles. The lowest BCUT2D eigenvalue weighted by atomic mass is 9.93. The summed E-state index contributed by atoms with van der Waals surface area (Å²) in [7, 11) is 0. The summed E-state index contributed by atoms with van der Waals surface area (Å²) >= 11 is 0. The van der Waals surface area contributed by atoms with E-state index in [0.29, 0.717) is 25.4 Å². The Morgan fingerprint density at radius 3 is 1.42 bits per heavy atom. The van der Waals surface area contributed by atoms with Gasteiger partial charge in [0.1, 0.15) is 6.10 Å². The van der Waals surface area contributed by atoms with E-state index in [9.17, 15) is 14.7 Å². The van der Waals surface area contributed by atoms with Crippen LogP contribution in [0.3, 0.4) is 0 Å². The summed E-state index contributed by atoms with van der Waals surface area (Å²) < 4.78 is 11.6. The Kier molecular flexibility index (Phi) is 40.1. The summed E-state index contributed by atoms with van der Waals surface area (Å²) in [4.78, 5) is 27.4. The SMILES string of the molecule is CCCCCCCCC(CCCCCCCC)OC(=O)CCCCCCCN(CCO)CCCCCCCCOC(=O)CC(CCCC)CCCC.